The Labute approximate surface area is 133 Å². The molecule has 0 radical (unpaired) electrons. The van der Waals surface area contributed by atoms with E-state index in [0.717, 1.165) is 16.7 Å². The molecule has 1 aromatic carbocycles. The molecule has 0 atom stereocenters. The number of amides is 1. The van der Waals surface area contributed by atoms with E-state index in [1.807, 2.05) is 44.2 Å². The van der Waals surface area contributed by atoms with Crippen LogP contribution in [0.2, 0.25) is 0 Å². The first-order chi connectivity index (χ1) is 11.0. The first-order valence-corrected chi connectivity index (χ1v) is 7.36. The zero-order valence-corrected chi connectivity index (χ0v) is 13.0. The van der Waals surface area contributed by atoms with E-state index >= 15 is 0 Å². The molecule has 5 nitrogen and oxygen atoms in total. The van der Waals surface area contributed by atoms with E-state index in [2.05, 4.69) is 10.3 Å². The number of nitrogens with zero attached hydrogens (tertiary/aromatic N) is 2. The third-order valence-corrected chi connectivity index (χ3v) is 3.67. The van der Waals surface area contributed by atoms with Gasteiger partial charge in [-0.05, 0) is 31.0 Å². The highest BCUT2D eigenvalue weighted by molar-refractivity contribution is 5.93. The summed E-state index contributed by atoms with van der Waals surface area (Å²) in [4.78, 5) is 28.9. The zero-order valence-electron chi connectivity index (χ0n) is 13.0. The van der Waals surface area contributed by atoms with Gasteiger partial charge in [-0.25, -0.2) is 4.98 Å². The molecule has 3 rings (SSSR count). The van der Waals surface area contributed by atoms with Gasteiger partial charge in [0.05, 0.1) is 0 Å². The minimum absolute atomic E-state index is 0.0419. The van der Waals surface area contributed by atoms with Crippen LogP contribution in [0, 0.1) is 13.8 Å². The summed E-state index contributed by atoms with van der Waals surface area (Å²) < 4.78 is 1.40. The molecule has 2 heterocycles. The van der Waals surface area contributed by atoms with Crippen molar-refractivity contribution in [2.24, 2.45) is 0 Å². The van der Waals surface area contributed by atoms with Crippen molar-refractivity contribution in [3.63, 3.8) is 0 Å². The van der Waals surface area contributed by atoms with Gasteiger partial charge in [0, 0.05) is 18.9 Å². The van der Waals surface area contributed by atoms with Gasteiger partial charge in [-0.2, -0.15) is 0 Å². The Morgan fingerprint density at radius 2 is 1.78 bits per heavy atom. The van der Waals surface area contributed by atoms with E-state index in [9.17, 15) is 9.59 Å². The molecule has 1 N–H and O–H groups in total. The summed E-state index contributed by atoms with van der Waals surface area (Å²) >= 11 is 0. The first-order valence-electron chi connectivity index (χ1n) is 7.36. The number of fused-ring (bicyclic) bond motifs is 1. The quantitative estimate of drug-likeness (QED) is 0.807. The highest BCUT2D eigenvalue weighted by Crippen LogP contribution is 2.04. The molecule has 0 saturated carbocycles. The Kier molecular flexibility index (Phi) is 3.93. The molecule has 1 amide bonds. The molecule has 0 bridgehead atoms. The van der Waals surface area contributed by atoms with Crippen LogP contribution in [0.4, 0.5) is 0 Å². The topological polar surface area (TPSA) is 63.5 Å². The van der Waals surface area contributed by atoms with Crippen LogP contribution in [0.15, 0.2) is 53.6 Å². The fraction of sp³-hybridized carbons (Fsp3) is 0.167. The van der Waals surface area contributed by atoms with Crippen LogP contribution in [-0.2, 0) is 6.54 Å². The molecular formula is C18H17N3O2. The summed E-state index contributed by atoms with van der Waals surface area (Å²) in [6, 6.07) is 11.5. The highest BCUT2D eigenvalue weighted by atomic mass is 16.2. The lowest BCUT2D eigenvalue weighted by Gasteiger charge is -2.07. The van der Waals surface area contributed by atoms with E-state index in [-0.39, 0.29) is 11.1 Å². The van der Waals surface area contributed by atoms with Gasteiger partial charge in [0.15, 0.2) is 0 Å². The number of nitrogens with one attached hydrogen (secondary N) is 1. The predicted octanol–water partition coefficient (Wildman–Crippen LogP) is 2.24. The molecule has 116 valence electrons. The summed E-state index contributed by atoms with van der Waals surface area (Å²) in [5.41, 5.74) is 3.27. The van der Waals surface area contributed by atoms with E-state index in [1.165, 1.54) is 10.6 Å². The van der Waals surface area contributed by atoms with Crippen molar-refractivity contribution in [2.45, 2.75) is 20.4 Å². The molecule has 23 heavy (non-hydrogen) atoms. The molecular weight excluding hydrogens is 290 g/mol. The summed E-state index contributed by atoms with van der Waals surface area (Å²) in [7, 11) is 0. The number of aromatic nitrogens is 2. The highest BCUT2D eigenvalue weighted by Gasteiger charge is 2.13. The normalized spacial score (nSPS) is 10.7. The number of benzene rings is 1. The molecule has 0 fully saturated rings. The van der Waals surface area contributed by atoms with Crippen molar-refractivity contribution >= 4 is 11.6 Å². The van der Waals surface area contributed by atoms with Crippen molar-refractivity contribution in [3.8, 4) is 0 Å². The lowest BCUT2D eigenvalue weighted by atomic mass is 10.1. The van der Waals surface area contributed by atoms with E-state index in [1.54, 1.807) is 12.3 Å². The lowest BCUT2D eigenvalue weighted by Crippen LogP contribution is -2.31. The second kappa shape index (κ2) is 6.04. The van der Waals surface area contributed by atoms with Gasteiger partial charge in [0.1, 0.15) is 11.2 Å². The smallest absolute Gasteiger partial charge is 0.270 e. The molecule has 0 aliphatic carbocycles. The molecule has 0 unspecified atom stereocenters. The average Bonchev–Trinajstić information content (AvgIpc) is 2.55. The maximum atomic E-state index is 12.4. The SMILES string of the molecule is Cc1ccc(CNC(=O)c2cnc3ccc(C)cn3c2=O)cc1. The Hall–Kier alpha value is -2.95. The maximum Gasteiger partial charge on any atom is 0.270 e. The first kappa shape index (κ1) is 15.0. The lowest BCUT2D eigenvalue weighted by molar-refractivity contribution is 0.0949. The molecule has 0 spiro atoms. The van der Waals surface area contributed by atoms with Crippen LogP contribution < -0.4 is 10.9 Å². The average molecular weight is 307 g/mol. The Bertz CT molecular complexity index is 927. The van der Waals surface area contributed by atoms with Crippen molar-refractivity contribution in [2.75, 3.05) is 0 Å². The van der Waals surface area contributed by atoms with E-state index in [0.29, 0.717) is 12.2 Å². The van der Waals surface area contributed by atoms with Gasteiger partial charge in [-0.3, -0.25) is 14.0 Å². The van der Waals surface area contributed by atoms with Crippen LogP contribution in [0.25, 0.3) is 5.65 Å². The number of carbonyl (C=O) groups is 1. The summed E-state index contributed by atoms with van der Waals surface area (Å²) in [6.07, 6.45) is 3.01. The van der Waals surface area contributed by atoms with Crippen LogP contribution in [0.5, 0.6) is 0 Å². The number of hydrogen-bond acceptors (Lipinski definition) is 3. The van der Waals surface area contributed by atoms with Crippen LogP contribution in [-0.4, -0.2) is 15.3 Å². The van der Waals surface area contributed by atoms with Crippen LogP contribution in [0.1, 0.15) is 27.0 Å². The van der Waals surface area contributed by atoms with Gasteiger partial charge in [-0.15, -0.1) is 0 Å². The number of pyridine rings is 1. The van der Waals surface area contributed by atoms with Crippen LogP contribution >= 0.6 is 0 Å². The number of rotatable bonds is 3. The Morgan fingerprint density at radius 1 is 1.09 bits per heavy atom. The van der Waals surface area contributed by atoms with Crippen molar-refractivity contribution in [3.05, 3.63) is 81.4 Å². The third-order valence-electron chi connectivity index (χ3n) is 3.67. The molecule has 2 aromatic heterocycles. The number of hydrogen-bond donors (Lipinski definition) is 1. The largest absolute Gasteiger partial charge is 0.348 e. The summed E-state index contributed by atoms with van der Waals surface area (Å²) in [5, 5.41) is 2.76. The van der Waals surface area contributed by atoms with Gasteiger partial charge in [0.2, 0.25) is 0 Å². The number of aryl methyl sites for hydroxylation is 2. The van der Waals surface area contributed by atoms with Gasteiger partial charge in [0.25, 0.3) is 11.5 Å². The number of carbonyl (C=O) groups excluding carboxylic acids is 1. The summed E-state index contributed by atoms with van der Waals surface area (Å²) in [5.74, 6) is -0.418. The Balaban J connectivity index is 1.84. The van der Waals surface area contributed by atoms with Crippen LogP contribution in [0.3, 0.4) is 0 Å². The molecule has 0 aliphatic rings. The molecule has 0 saturated heterocycles. The minimum atomic E-state index is -0.418. The molecule has 3 aromatic rings. The predicted molar refractivity (Wildman–Crippen MR) is 88.5 cm³/mol. The fourth-order valence-electron chi connectivity index (χ4n) is 2.32. The zero-order chi connectivity index (χ0) is 16.4. The van der Waals surface area contributed by atoms with Gasteiger partial charge in [-0.1, -0.05) is 35.9 Å². The minimum Gasteiger partial charge on any atom is -0.348 e. The standard InChI is InChI=1S/C18H17N3O2/c1-12-3-6-14(7-4-12)9-20-17(22)15-10-19-16-8-5-13(2)11-21(16)18(15)23/h3-8,10-11H,9H2,1-2H3,(H,20,22). The van der Waals surface area contributed by atoms with Crippen molar-refractivity contribution in [1.82, 2.24) is 14.7 Å². The Morgan fingerprint density at radius 3 is 2.52 bits per heavy atom. The van der Waals surface area contributed by atoms with E-state index in [4.69, 9.17) is 0 Å². The summed E-state index contributed by atoms with van der Waals surface area (Å²) in [6.45, 7) is 4.26. The molecule has 0 aliphatic heterocycles. The third kappa shape index (κ3) is 3.13. The van der Waals surface area contributed by atoms with E-state index < -0.39 is 5.91 Å². The fourth-order valence-corrected chi connectivity index (χ4v) is 2.32. The monoisotopic (exact) mass is 307 g/mol. The van der Waals surface area contributed by atoms with Crippen molar-refractivity contribution < 1.29 is 4.79 Å². The second-order valence-corrected chi connectivity index (χ2v) is 5.58. The second-order valence-electron chi connectivity index (χ2n) is 5.58. The maximum absolute atomic E-state index is 12.4. The molecule has 5 heteroatoms. The van der Waals surface area contributed by atoms with Gasteiger partial charge < -0.3 is 5.32 Å². The van der Waals surface area contributed by atoms with Crippen molar-refractivity contribution in [1.29, 1.82) is 0 Å². The van der Waals surface area contributed by atoms with Gasteiger partial charge >= 0.3 is 0 Å².